The van der Waals surface area contributed by atoms with Gasteiger partial charge in [-0.1, -0.05) is 6.92 Å². The Morgan fingerprint density at radius 3 is 2.06 bits per heavy atom. The molecule has 16 heavy (non-hydrogen) atoms. The van der Waals surface area contributed by atoms with E-state index in [1.54, 1.807) is 6.92 Å². The van der Waals surface area contributed by atoms with Crippen molar-refractivity contribution < 1.29 is 27.3 Å². The summed E-state index contributed by atoms with van der Waals surface area (Å²) in [6.07, 6.45) is 0.681. The third kappa shape index (κ3) is 5.54. The van der Waals surface area contributed by atoms with Crippen molar-refractivity contribution in [2.24, 2.45) is 0 Å². The second-order valence-electron chi connectivity index (χ2n) is 3.19. The number of hydrogen-bond donors (Lipinski definition) is 1. The van der Waals surface area contributed by atoms with Crippen LogP contribution in [-0.4, -0.2) is 47.8 Å². The van der Waals surface area contributed by atoms with Gasteiger partial charge >= 0.3 is 16.4 Å². The van der Waals surface area contributed by atoms with E-state index in [9.17, 15) is 9.46 Å². The Labute approximate surface area is 97.8 Å². The van der Waals surface area contributed by atoms with Gasteiger partial charge in [0, 0.05) is 33.5 Å². The normalized spacial score (nSPS) is 16.1. The fourth-order valence-corrected chi connectivity index (χ4v) is 3.43. The van der Waals surface area contributed by atoms with Crippen LogP contribution in [0.5, 0.6) is 0 Å². The summed E-state index contributed by atoms with van der Waals surface area (Å²) >= 11 is 0. The maximum atomic E-state index is 11.2. The molecule has 0 amide bonds. The van der Waals surface area contributed by atoms with Crippen molar-refractivity contribution in [3.63, 3.8) is 0 Å². The molecule has 0 saturated heterocycles. The SMILES string of the molecule is CCP(=O)(O)OCCC[Si](OC)(OC)OC. The second kappa shape index (κ2) is 7.55. The summed E-state index contributed by atoms with van der Waals surface area (Å²) < 4.78 is 31.6. The van der Waals surface area contributed by atoms with E-state index in [2.05, 4.69) is 0 Å². The maximum absolute atomic E-state index is 11.2. The Morgan fingerprint density at radius 2 is 1.69 bits per heavy atom. The quantitative estimate of drug-likeness (QED) is 0.389. The summed E-state index contributed by atoms with van der Waals surface area (Å²) in [6.45, 7) is 1.81. The Kier molecular flexibility index (Phi) is 7.67. The molecule has 1 atom stereocenters. The van der Waals surface area contributed by atoms with E-state index in [4.69, 9.17) is 17.8 Å². The first-order valence-electron chi connectivity index (χ1n) is 5.07. The lowest BCUT2D eigenvalue weighted by atomic mass is 10.5. The highest BCUT2D eigenvalue weighted by atomic mass is 31.2. The van der Waals surface area contributed by atoms with E-state index in [0.29, 0.717) is 12.5 Å². The van der Waals surface area contributed by atoms with Crippen LogP contribution in [0.15, 0.2) is 0 Å². The zero-order valence-corrected chi connectivity index (χ0v) is 12.2. The maximum Gasteiger partial charge on any atom is 0.500 e. The first-order chi connectivity index (χ1) is 7.45. The van der Waals surface area contributed by atoms with Gasteiger partial charge in [-0.2, -0.15) is 0 Å². The highest BCUT2D eigenvalue weighted by Crippen LogP contribution is 2.41. The molecule has 6 nitrogen and oxygen atoms in total. The van der Waals surface area contributed by atoms with Crippen molar-refractivity contribution in [1.29, 1.82) is 0 Å². The fourth-order valence-electron chi connectivity index (χ4n) is 1.14. The van der Waals surface area contributed by atoms with Crippen LogP contribution < -0.4 is 0 Å². The molecule has 0 aliphatic rings. The molecule has 0 aromatic rings. The van der Waals surface area contributed by atoms with Gasteiger partial charge < -0.3 is 22.7 Å². The molecular formula is C8H21O6PSi. The summed E-state index contributed by atoms with van der Waals surface area (Å²) in [6, 6.07) is 0.556. The average Bonchev–Trinajstić information content (AvgIpc) is 2.30. The van der Waals surface area contributed by atoms with E-state index in [0.717, 1.165) is 0 Å². The molecule has 0 heterocycles. The average molecular weight is 272 g/mol. The number of rotatable bonds is 9. The lowest BCUT2D eigenvalue weighted by Gasteiger charge is -2.24. The molecule has 0 saturated carbocycles. The summed E-state index contributed by atoms with van der Waals surface area (Å²) in [4.78, 5) is 9.18. The highest BCUT2D eigenvalue weighted by molar-refractivity contribution is 7.52. The lowest BCUT2D eigenvalue weighted by molar-refractivity contribution is 0.120. The molecule has 0 aromatic carbocycles. The molecule has 98 valence electrons. The van der Waals surface area contributed by atoms with Gasteiger partial charge in [0.2, 0.25) is 0 Å². The molecule has 0 fully saturated rings. The fraction of sp³-hybridized carbons (Fsp3) is 1.00. The summed E-state index contributed by atoms with van der Waals surface area (Å²) in [5.74, 6) is 0. The third-order valence-electron chi connectivity index (χ3n) is 2.25. The van der Waals surface area contributed by atoms with Gasteiger partial charge in [-0.25, -0.2) is 0 Å². The van der Waals surface area contributed by atoms with E-state index < -0.39 is 16.4 Å². The van der Waals surface area contributed by atoms with Crippen LogP contribution in [0.25, 0.3) is 0 Å². The summed E-state index contributed by atoms with van der Waals surface area (Å²) in [5, 5.41) is 0. The van der Waals surface area contributed by atoms with Crippen LogP contribution in [0.2, 0.25) is 6.04 Å². The van der Waals surface area contributed by atoms with E-state index in [1.165, 1.54) is 21.3 Å². The van der Waals surface area contributed by atoms with Crippen molar-refractivity contribution in [1.82, 2.24) is 0 Å². The van der Waals surface area contributed by atoms with Gasteiger partial charge in [-0.3, -0.25) is 4.57 Å². The van der Waals surface area contributed by atoms with Crippen LogP contribution in [0, 0.1) is 0 Å². The molecule has 0 radical (unpaired) electrons. The Morgan fingerprint density at radius 1 is 1.19 bits per heavy atom. The van der Waals surface area contributed by atoms with Gasteiger partial charge in [0.15, 0.2) is 0 Å². The van der Waals surface area contributed by atoms with Crippen LogP contribution in [0.4, 0.5) is 0 Å². The van der Waals surface area contributed by atoms with Crippen molar-refractivity contribution >= 4 is 16.4 Å². The minimum atomic E-state index is -3.39. The smallest absolute Gasteiger partial charge is 0.377 e. The first kappa shape index (κ1) is 16.2. The van der Waals surface area contributed by atoms with Gasteiger partial charge in [0.1, 0.15) is 0 Å². The largest absolute Gasteiger partial charge is 0.500 e. The van der Waals surface area contributed by atoms with Crippen molar-refractivity contribution in [3.8, 4) is 0 Å². The Hall–Kier alpha value is 0.247. The Balaban J connectivity index is 3.92. The minimum Gasteiger partial charge on any atom is -0.377 e. The summed E-state index contributed by atoms with van der Waals surface area (Å²) in [7, 11) is -1.37. The molecule has 0 rings (SSSR count). The molecule has 0 aromatic heterocycles. The Bertz CT molecular complexity index is 224. The standard InChI is InChI=1S/C8H21O6PSi/c1-5-15(9,10)14-7-6-8-16(11-2,12-3)13-4/h5-8H2,1-4H3,(H,9,10). The predicted octanol–water partition coefficient (Wildman–Crippen LogP) is 1.48. The van der Waals surface area contributed by atoms with Gasteiger partial charge in [-0.05, 0) is 6.42 Å². The molecule has 8 heteroatoms. The zero-order chi connectivity index (χ0) is 12.7. The third-order valence-corrected chi connectivity index (χ3v) is 6.47. The van der Waals surface area contributed by atoms with Gasteiger partial charge in [0.25, 0.3) is 0 Å². The van der Waals surface area contributed by atoms with E-state index in [1.807, 2.05) is 0 Å². The molecule has 0 bridgehead atoms. The topological polar surface area (TPSA) is 74.2 Å². The molecule has 0 spiro atoms. The minimum absolute atomic E-state index is 0.119. The summed E-state index contributed by atoms with van der Waals surface area (Å²) in [5.41, 5.74) is 0. The van der Waals surface area contributed by atoms with E-state index in [-0.39, 0.29) is 12.8 Å². The molecular weight excluding hydrogens is 251 g/mol. The number of hydrogen-bond acceptors (Lipinski definition) is 5. The van der Waals surface area contributed by atoms with Gasteiger partial charge in [-0.15, -0.1) is 0 Å². The van der Waals surface area contributed by atoms with Crippen LogP contribution >= 0.6 is 7.60 Å². The van der Waals surface area contributed by atoms with Crippen molar-refractivity contribution in [2.75, 3.05) is 34.1 Å². The monoisotopic (exact) mass is 272 g/mol. The molecule has 1 N–H and O–H groups in total. The predicted molar refractivity (Wildman–Crippen MR) is 62.5 cm³/mol. The highest BCUT2D eigenvalue weighted by Gasteiger charge is 2.37. The van der Waals surface area contributed by atoms with Crippen LogP contribution in [0.3, 0.4) is 0 Å². The van der Waals surface area contributed by atoms with E-state index >= 15 is 0 Å². The van der Waals surface area contributed by atoms with Crippen molar-refractivity contribution in [3.05, 3.63) is 0 Å². The van der Waals surface area contributed by atoms with Gasteiger partial charge in [0.05, 0.1) is 6.61 Å². The molecule has 0 aliphatic heterocycles. The molecule has 1 unspecified atom stereocenters. The van der Waals surface area contributed by atoms with Crippen molar-refractivity contribution in [2.45, 2.75) is 19.4 Å². The lowest BCUT2D eigenvalue weighted by Crippen LogP contribution is -2.42. The first-order valence-corrected chi connectivity index (χ1v) is 8.76. The molecule has 0 aliphatic carbocycles. The van der Waals surface area contributed by atoms with Crippen LogP contribution in [-0.2, 0) is 22.4 Å². The second-order valence-corrected chi connectivity index (χ2v) is 8.44. The zero-order valence-electron chi connectivity index (χ0n) is 10.3. The van der Waals surface area contributed by atoms with Crippen LogP contribution in [0.1, 0.15) is 13.3 Å².